The Bertz CT molecular complexity index is 452. The molecule has 0 radical (unpaired) electrons. The smallest absolute Gasteiger partial charge is 0.315 e. The average Bonchev–Trinajstić information content (AvgIpc) is 2.67. The highest BCUT2D eigenvalue weighted by Crippen LogP contribution is 2.16. The molecular weight excluding hydrogens is 286 g/mol. The number of hydrogen-bond donors (Lipinski definition) is 2. The fourth-order valence-corrected chi connectivity index (χ4v) is 3.01. The highest BCUT2D eigenvalue weighted by Gasteiger charge is 2.21. The number of aryl methyl sites for hydroxylation is 2. The molecule has 0 aliphatic heterocycles. The van der Waals surface area contributed by atoms with Crippen LogP contribution >= 0.6 is 11.3 Å². The molecule has 0 aliphatic carbocycles. The molecule has 1 atom stereocenters. The number of carbonyl (C=O) groups excluding carboxylic acids is 1. The molecular formula is C15H27N3O2S. The number of aromatic nitrogens is 1. The molecule has 1 aromatic heterocycles. The molecule has 0 fully saturated rings. The minimum Gasteiger partial charge on any atom is -0.379 e. The van der Waals surface area contributed by atoms with Gasteiger partial charge >= 0.3 is 6.03 Å². The number of amides is 2. The van der Waals surface area contributed by atoms with E-state index in [1.54, 1.807) is 18.4 Å². The number of carbonyl (C=O) groups is 1. The molecule has 2 amide bonds. The van der Waals surface area contributed by atoms with Crippen molar-refractivity contribution in [2.75, 3.05) is 13.7 Å². The van der Waals surface area contributed by atoms with Crippen molar-refractivity contribution in [3.63, 3.8) is 0 Å². The van der Waals surface area contributed by atoms with Gasteiger partial charge in [0, 0.05) is 31.0 Å². The lowest BCUT2D eigenvalue weighted by Crippen LogP contribution is -2.44. The second-order valence-corrected chi connectivity index (χ2v) is 7.26. The molecule has 1 aromatic rings. The Morgan fingerprint density at radius 1 is 1.43 bits per heavy atom. The van der Waals surface area contributed by atoms with Crippen LogP contribution in [0.5, 0.6) is 0 Å². The van der Waals surface area contributed by atoms with E-state index in [1.807, 2.05) is 27.7 Å². The van der Waals surface area contributed by atoms with Gasteiger partial charge in [-0.2, -0.15) is 0 Å². The molecule has 2 N–H and O–H groups in total. The topological polar surface area (TPSA) is 63.2 Å². The lowest BCUT2D eigenvalue weighted by molar-refractivity contribution is 0.00951. The van der Waals surface area contributed by atoms with Gasteiger partial charge in [-0.15, -0.1) is 11.3 Å². The van der Waals surface area contributed by atoms with Crippen LogP contribution in [-0.4, -0.2) is 36.3 Å². The van der Waals surface area contributed by atoms with Crippen molar-refractivity contribution in [1.29, 1.82) is 0 Å². The van der Waals surface area contributed by atoms with Crippen molar-refractivity contribution in [3.8, 4) is 0 Å². The summed E-state index contributed by atoms with van der Waals surface area (Å²) in [4.78, 5) is 17.5. The highest BCUT2D eigenvalue weighted by atomic mass is 32.1. The Kier molecular flexibility index (Phi) is 6.61. The Balaban J connectivity index is 2.28. The summed E-state index contributed by atoms with van der Waals surface area (Å²) in [5.41, 5.74) is 0.845. The summed E-state index contributed by atoms with van der Waals surface area (Å²) in [5, 5.41) is 6.86. The molecule has 6 heteroatoms. The van der Waals surface area contributed by atoms with Gasteiger partial charge in [-0.25, -0.2) is 9.78 Å². The number of rotatable bonds is 7. The van der Waals surface area contributed by atoms with Crippen LogP contribution in [0.4, 0.5) is 4.79 Å². The molecule has 0 saturated carbocycles. The molecule has 0 spiro atoms. The lowest BCUT2D eigenvalue weighted by Gasteiger charge is -2.27. The first-order chi connectivity index (χ1) is 9.73. The van der Waals surface area contributed by atoms with E-state index in [0.717, 1.165) is 23.5 Å². The van der Waals surface area contributed by atoms with Crippen LogP contribution in [-0.2, 0) is 11.2 Å². The van der Waals surface area contributed by atoms with Gasteiger partial charge in [0.2, 0.25) is 0 Å². The molecule has 1 unspecified atom stereocenters. The fourth-order valence-electron chi connectivity index (χ4n) is 2.08. The van der Waals surface area contributed by atoms with Crippen molar-refractivity contribution in [2.45, 2.75) is 59.1 Å². The summed E-state index contributed by atoms with van der Waals surface area (Å²) >= 11 is 1.69. The van der Waals surface area contributed by atoms with Crippen molar-refractivity contribution in [3.05, 3.63) is 15.6 Å². The van der Waals surface area contributed by atoms with Crippen LogP contribution < -0.4 is 10.6 Å². The van der Waals surface area contributed by atoms with Gasteiger partial charge in [0.05, 0.1) is 16.3 Å². The zero-order chi connectivity index (χ0) is 16.0. The van der Waals surface area contributed by atoms with Gasteiger partial charge in [0.15, 0.2) is 0 Å². The van der Waals surface area contributed by atoms with E-state index in [2.05, 4.69) is 22.5 Å². The standard InChI is InChI=1S/C15H27N3O2S/c1-10(9-15(4,5)20-6)17-14(19)16-8-7-13-18-11(2)12(3)21-13/h10H,7-9H2,1-6H3,(H2,16,17,19). The first-order valence-corrected chi connectivity index (χ1v) is 8.07. The third-order valence-electron chi connectivity index (χ3n) is 3.43. The summed E-state index contributed by atoms with van der Waals surface area (Å²) in [6.45, 7) is 10.7. The predicted molar refractivity (Wildman–Crippen MR) is 87.0 cm³/mol. The zero-order valence-corrected chi connectivity index (χ0v) is 14.7. The second kappa shape index (κ2) is 7.75. The maximum absolute atomic E-state index is 11.8. The van der Waals surface area contributed by atoms with E-state index in [1.165, 1.54) is 4.88 Å². The molecule has 1 rings (SSSR count). The summed E-state index contributed by atoms with van der Waals surface area (Å²) in [5.74, 6) is 0. The van der Waals surface area contributed by atoms with Crippen molar-refractivity contribution >= 4 is 17.4 Å². The number of ether oxygens (including phenoxy) is 1. The normalized spacial score (nSPS) is 13.0. The van der Waals surface area contributed by atoms with E-state index in [-0.39, 0.29) is 17.7 Å². The van der Waals surface area contributed by atoms with Gasteiger partial charge < -0.3 is 15.4 Å². The monoisotopic (exact) mass is 313 g/mol. The summed E-state index contributed by atoms with van der Waals surface area (Å²) in [6.07, 6.45) is 1.53. The number of nitrogens with one attached hydrogen (secondary N) is 2. The third-order valence-corrected chi connectivity index (χ3v) is 4.56. The van der Waals surface area contributed by atoms with Crippen molar-refractivity contribution in [1.82, 2.24) is 15.6 Å². The second-order valence-electron chi connectivity index (χ2n) is 5.97. The number of urea groups is 1. The average molecular weight is 313 g/mol. The van der Waals surface area contributed by atoms with Gasteiger partial charge in [0.1, 0.15) is 0 Å². The van der Waals surface area contributed by atoms with Crippen LogP contribution in [0.25, 0.3) is 0 Å². The highest BCUT2D eigenvalue weighted by molar-refractivity contribution is 7.11. The van der Waals surface area contributed by atoms with E-state index >= 15 is 0 Å². The lowest BCUT2D eigenvalue weighted by atomic mass is 10.00. The zero-order valence-electron chi connectivity index (χ0n) is 13.9. The number of hydrogen-bond acceptors (Lipinski definition) is 4. The SMILES string of the molecule is COC(C)(C)CC(C)NC(=O)NCCc1nc(C)c(C)s1. The van der Waals surface area contributed by atoms with Crippen LogP contribution in [0.1, 0.15) is 42.8 Å². The Morgan fingerprint density at radius 3 is 2.62 bits per heavy atom. The molecule has 5 nitrogen and oxygen atoms in total. The Labute approximate surface area is 131 Å². The molecule has 1 heterocycles. The molecule has 0 bridgehead atoms. The Morgan fingerprint density at radius 2 is 2.10 bits per heavy atom. The molecule has 21 heavy (non-hydrogen) atoms. The van der Waals surface area contributed by atoms with E-state index in [4.69, 9.17) is 4.74 Å². The molecule has 120 valence electrons. The predicted octanol–water partition coefficient (Wildman–Crippen LogP) is 2.81. The third kappa shape index (κ3) is 6.44. The fraction of sp³-hybridized carbons (Fsp3) is 0.733. The maximum Gasteiger partial charge on any atom is 0.315 e. The Hall–Kier alpha value is -1.14. The van der Waals surface area contributed by atoms with Gasteiger partial charge in [0.25, 0.3) is 0 Å². The van der Waals surface area contributed by atoms with E-state index < -0.39 is 0 Å². The van der Waals surface area contributed by atoms with Crippen molar-refractivity contribution < 1.29 is 9.53 Å². The first kappa shape index (κ1) is 17.9. The number of nitrogens with zero attached hydrogens (tertiary/aromatic N) is 1. The largest absolute Gasteiger partial charge is 0.379 e. The number of methoxy groups -OCH3 is 1. The molecule has 0 aromatic carbocycles. The van der Waals surface area contributed by atoms with Gasteiger partial charge in [-0.05, 0) is 41.0 Å². The first-order valence-electron chi connectivity index (χ1n) is 7.26. The summed E-state index contributed by atoms with van der Waals surface area (Å²) < 4.78 is 5.36. The van der Waals surface area contributed by atoms with Crippen LogP contribution in [0.3, 0.4) is 0 Å². The van der Waals surface area contributed by atoms with Crippen LogP contribution in [0.2, 0.25) is 0 Å². The van der Waals surface area contributed by atoms with Crippen molar-refractivity contribution in [2.24, 2.45) is 0 Å². The van der Waals surface area contributed by atoms with Gasteiger partial charge in [-0.3, -0.25) is 0 Å². The number of thiazole rings is 1. The minimum atomic E-state index is -0.233. The van der Waals surface area contributed by atoms with Crippen LogP contribution in [0.15, 0.2) is 0 Å². The summed E-state index contributed by atoms with van der Waals surface area (Å²) in [7, 11) is 1.69. The maximum atomic E-state index is 11.8. The minimum absolute atomic E-state index is 0.0595. The van der Waals surface area contributed by atoms with E-state index in [0.29, 0.717) is 6.54 Å². The molecule has 0 aliphatic rings. The van der Waals surface area contributed by atoms with E-state index in [9.17, 15) is 4.79 Å². The van der Waals surface area contributed by atoms with Gasteiger partial charge in [-0.1, -0.05) is 0 Å². The quantitative estimate of drug-likeness (QED) is 0.813. The summed E-state index contributed by atoms with van der Waals surface area (Å²) in [6, 6.07) is -0.0799. The molecule has 0 saturated heterocycles. The van der Waals surface area contributed by atoms with Crippen LogP contribution in [0, 0.1) is 13.8 Å².